The predicted molar refractivity (Wildman–Crippen MR) is 51.5 cm³/mol. The Balaban J connectivity index is 3.19. The first-order valence-electron chi connectivity index (χ1n) is 3.29. The van der Waals surface area contributed by atoms with Crippen LogP contribution in [0.2, 0.25) is 0 Å². The highest BCUT2D eigenvalue weighted by Gasteiger charge is 2.03. The van der Waals surface area contributed by atoms with Crippen LogP contribution in [-0.4, -0.2) is 5.91 Å². The molecule has 1 amide bonds. The van der Waals surface area contributed by atoms with Gasteiger partial charge in [-0.25, -0.2) is 0 Å². The van der Waals surface area contributed by atoms with Gasteiger partial charge in [0.05, 0.1) is 5.69 Å². The van der Waals surface area contributed by atoms with Crippen LogP contribution >= 0.6 is 15.9 Å². The summed E-state index contributed by atoms with van der Waals surface area (Å²) >= 11 is 3.14. The molecule has 0 fully saturated rings. The highest BCUT2D eigenvalue weighted by Crippen LogP contribution is 2.26. The van der Waals surface area contributed by atoms with Crippen LogP contribution < -0.4 is 5.73 Å². The molecule has 0 bridgehead atoms. The van der Waals surface area contributed by atoms with E-state index in [-0.39, 0.29) is 0 Å². The maximum Gasteiger partial charge on any atom is 0.248 e. The molecule has 0 unspecified atom stereocenters. The Kier molecular flexibility index (Phi) is 2.89. The third-order valence-electron chi connectivity index (χ3n) is 1.38. The van der Waals surface area contributed by atoms with Crippen molar-refractivity contribution < 1.29 is 4.79 Å². The smallest absolute Gasteiger partial charge is 0.248 e. The molecular formula is C7H5BrN4O. The van der Waals surface area contributed by atoms with Crippen molar-refractivity contribution in [2.45, 2.75) is 0 Å². The molecule has 0 saturated heterocycles. The molecule has 0 radical (unpaired) electrons. The molecule has 0 heterocycles. The van der Waals surface area contributed by atoms with Gasteiger partial charge >= 0.3 is 0 Å². The number of nitrogens with zero attached hydrogens (tertiary/aromatic N) is 3. The predicted octanol–water partition coefficient (Wildman–Crippen LogP) is 2.49. The van der Waals surface area contributed by atoms with Crippen LogP contribution in [0.25, 0.3) is 10.4 Å². The minimum absolute atomic E-state index is 0.365. The summed E-state index contributed by atoms with van der Waals surface area (Å²) in [6, 6.07) is 4.52. The molecule has 66 valence electrons. The SMILES string of the molecule is [N-]=[N+]=Nc1ccc(C(N)=O)cc1Br. The number of halogens is 1. The van der Waals surface area contributed by atoms with E-state index in [1.807, 2.05) is 0 Å². The summed E-state index contributed by atoms with van der Waals surface area (Å²) in [5, 5.41) is 3.39. The van der Waals surface area contributed by atoms with Gasteiger partial charge in [0, 0.05) is 14.9 Å². The lowest BCUT2D eigenvalue weighted by Crippen LogP contribution is -2.10. The van der Waals surface area contributed by atoms with E-state index in [2.05, 4.69) is 26.0 Å². The normalized spacial score (nSPS) is 9.00. The van der Waals surface area contributed by atoms with Crippen molar-refractivity contribution in [2.24, 2.45) is 10.8 Å². The lowest BCUT2D eigenvalue weighted by atomic mass is 10.2. The van der Waals surface area contributed by atoms with Gasteiger partial charge in [-0.15, -0.1) is 0 Å². The molecule has 0 aromatic heterocycles. The molecule has 0 atom stereocenters. The Morgan fingerprint density at radius 2 is 2.31 bits per heavy atom. The van der Waals surface area contributed by atoms with E-state index in [0.717, 1.165) is 0 Å². The van der Waals surface area contributed by atoms with Gasteiger partial charge in [-0.05, 0) is 17.7 Å². The Hall–Kier alpha value is -1.52. The van der Waals surface area contributed by atoms with Crippen LogP contribution in [0.15, 0.2) is 27.8 Å². The largest absolute Gasteiger partial charge is 0.366 e. The number of nitrogens with two attached hydrogens (primary N) is 1. The van der Waals surface area contributed by atoms with Crippen molar-refractivity contribution >= 4 is 27.5 Å². The second kappa shape index (κ2) is 3.93. The molecule has 1 aromatic carbocycles. The molecule has 0 aliphatic carbocycles. The summed E-state index contributed by atoms with van der Waals surface area (Å²) < 4.78 is 0.543. The molecule has 0 aliphatic heterocycles. The minimum atomic E-state index is -0.520. The molecule has 13 heavy (non-hydrogen) atoms. The number of hydrogen-bond acceptors (Lipinski definition) is 2. The molecule has 0 aliphatic rings. The van der Waals surface area contributed by atoms with Crippen LogP contribution in [-0.2, 0) is 0 Å². The van der Waals surface area contributed by atoms with Gasteiger partial charge in [0.15, 0.2) is 0 Å². The Morgan fingerprint density at radius 1 is 1.62 bits per heavy atom. The van der Waals surface area contributed by atoms with Gasteiger partial charge < -0.3 is 5.73 Å². The van der Waals surface area contributed by atoms with Crippen LogP contribution in [0.1, 0.15) is 10.4 Å². The molecule has 1 aromatic rings. The van der Waals surface area contributed by atoms with Gasteiger partial charge in [-0.1, -0.05) is 27.1 Å². The zero-order valence-corrected chi connectivity index (χ0v) is 8.02. The number of azide groups is 1. The molecule has 6 heteroatoms. The van der Waals surface area contributed by atoms with Crippen molar-refractivity contribution in [3.63, 3.8) is 0 Å². The number of hydrogen-bond donors (Lipinski definition) is 1. The minimum Gasteiger partial charge on any atom is -0.366 e. The molecular weight excluding hydrogens is 236 g/mol. The van der Waals surface area contributed by atoms with Crippen LogP contribution in [0, 0.1) is 0 Å². The fraction of sp³-hybridized carbons (Fsp3) is 0. The number of benzene rings is 1. The third-order valence-corrected chi connectivity index (χ3v) is 2.02. The lowest BCUT2D eigenvalue weighted by Gasteiger charge is -1.98. The summed E-state index contributed by atoms with van der Waals surface area (Å²) in [5.41, 5.74) is 14.0. The van der Waals surface area contributed by atoms with E-state index >= 15 is 0 Å². The highest BCUT2D eigenvalue weighted by atomic mass is 79.9. The van der Waals surface area contributed by atoms with Crippen molar-refractivity contribution in [2.75, 3.05) is 0 Å². The Bertz CT molecular complexity index is 397. The summed E-state index contributed by atoms with van der Waals surface area (Å²) in [6.07, 6.45) is 0. The molecule has 2 N–H and O–H groups in total. The fourth-order valence-corrected chi connectivity index (χ4v) is 1.25. The van der Waals surface area contributed by atoms with E-state index in [1.54, 1.807) is 0 Å². The van der Waals surface area contributed by atoms with E-state index in [0.29, 0.717) is 15.7 Å². The Morgan fingerprint density at radius 3 is 2.77 bits per heavy atom. The van der Waals surface area contributed by atoms with Crippen LogP contribution in [0.3, 0.4) is 0 Å². The molecule has 5 nitrogen and oxygen atoms in total. The first-order valence-corrected chi connectivity index (χ1v) is 4.09. The highest BCUT2D eigenvalue weighted by molar-refractivity contribution is 9.10. The maximum absolute atomic E-state index is 10.7. The number of carbonyl (C=O) groups is 1. The van der Waals surface area contributed by atoms with Crippen molar-refractivity contribution in [3.8, 4) is 0 Å². The first-order chi connectivity index (χ1) is 6.15. The van der Waals surface area contributed by atoms with Crippen LogP contribution in [0.4, 0.5) is 5.69 Å². The lowest BCUT2D eigenvalue weighted by molar-refractivity contribution is 0.100. The van der Waals surface area contributed by atoms with Crippen molar-refractivity contribution in [3.05, 3.63) is 38.7 Å². The van der Waals surface area contributed by atoms with E-state index < -0.39 is 5.91 Å². The zero-order valence-electron chi connectivity index (χ0n) is 6.44. The number of carbonyl (C=O) groups excluding carboxylic acids is 1. The van der Waals surface area contributed by atoms with E-state index in [4.69, 9.17) is 11.3 Å². The van der Waals surface area contributed by atoms with Gasteiger partial charge in [-0.3, -0.25) is 4.79 Å². The van der Waals surface area contributed by atoms with Crippen LogP contribution in [0.5, 0.6) is 0 Å². The summed E-state index contributed by atoms with van der Waals surface area (Å²) in [5.74, 6) is -0.520. The fourth-order valence-electron chi connectivity index (χ4n) is 0.789. The zero-order chi connectivity index (χ0) is 9.84. The number of primary amides is 1. The third kappa shape index (κ3) is 2.21. The van der Waals surface area contributed by atoms with Crippen molar-refractivity contribution in [1.29, 1.82) is 0 Å². The average Bonchev–Trinajstić information content (AvgIpc) is 2.08. The summed E-state index contributed by atoms with van der Waals surface area (Å²) in [4.78, 5) is 13.3. The van der Waals surface area contributed by atoms with Gasteiger partial charge in [-0.2, -0.15) is 0 Å². The summed E-state index contributed by atoms with van der Waals surface area (Å²) in [7, 11) is 0. The molecule has 1 rings (SSSR count). The Labute approximate surface area is 82.3 Å². The quantitative estimate of drug-likeness (QED) is 0.480. The maximum atomic E-state index is 10.7. The van der Waals surface area contributed by atoms with Crippen molar-refractivity contribution in [1.82, 2.24) is 0 Å². The van der Waals surface area contributed by atoms with Gasteiger partial charge in [0.2, 0.25) is 5.91 Å². The second-order valence-corrected chi connectivity index (χ2v) is 3.07. The second-order valence-electron chi connectivity index (χ2n) is 2.22. The van der Waals surface area contributed by atoms with Gasteiger partial charge in [0.1, 0.15) is 0 Å². The van der Waals surface area contributed by atoms with E-state index in [9.17, 15) is 4.79 Å². The first kappa shape index (κ1) is 9.57. The number of rotatable bonds is 2. The topological polar surface area (TPSA) is 91.8 Å². The van der Waals surface area contributed by atoms with E-state index in [1.165, 1.54) is 18.2 Å². The monoisotopic (exact) mass is 240 g/mol. The average molecular weight is 241 g/mol. The van der Waals surface area contributed by atoms with Gasteiger partial charge in [0.25, 0.3) is 0 Å². The molecule has 0 saturated carbocycles. The number of amides is 1. The molecule has 0 spiro atoms. The standard InChI is InChI=1S/C7H5BrN4O/c8-5-3-4(7(9)13)1-2-6(5)11-12-10/h1-3H,(H2,9,13). The summed E-state index contributed by atoms with van der Waals surface area (Å²) in [6.45, 7) is 0.